The molecule has 0 aliphatic heterocycles. The summed E-state index contributed by atoms with van der Waals surface area (Å²) in [6, 6.07) is 4.74. The summed E-state index contributed by atoms with van der Waals surface area (Å²) in [5.41, 5.74) is 5.15. The van der Waals surface area contributed by atoms with Gasteiger partial charge in [-0.2, -0.15) is 11.8 Å². The molecule has 2 N–H and O–H groups in total. The molecule has 0 atom stereocenters. The van der Waals surface area contributed by atoms with Crippen molar-refractivity contribution in [2.24, 2.45) is 0 Å². The van der Waals surface area contributed by atoms with E-state index in [2.05, 4.69) is 15.9 Å². The fourth-order valence-corrected chi connectivity index (χ4v) is 2.29. The van der Waals surface area contributed by atoms with Gasteiger partial charge in [-0.15, -0.1) is 0 Å². The second-order valence-corrected chi connectivity index (χ2v) is 4.63. The van der Waals surface area contributed by atoms with Crippen LogP contribution in [-0.2, 0) is 0 Å². The third-order valence-electron chi connectivity index (χ3n) is 1.38. The molecule has 0 aliphatic rings. The normalized spacial score (nSPS) is 10.9. The molecule has 1 aromatic rings. The third-order valence-corrected chi connectivity index (χ3v) is 3.51. The van der Waals surface area contributed by atoms with Crippen LogP contribution in [0.2, 0.25) is 0 Å². The summed E-state index contributed by atoms with van der Waals surface area (Å²) in [7, 11) is 0. The van der Waals surface area contributed by atoms with Crippen molar-refractivity contribution in [3.63, 3.8) is 0 Å². The quantitative estimate of drug-likeness (QED) is 0.498. The van der Waals surface area contributed by atoms with Gasteiger partial charge in [0.05, 0.1) is 0 Å². The van der Waals surface area contributed by atoms with Crippen LogP contribution in [-0.4, -0.2) is 12.6 Å². The van der Waals surface area contributed by atoms with E-state index in [0.717, 1.165) is 11.8 Å². The minimum Gasteiger partial charge on any atom is -0.448 e. The van der Waals surface area contributed by atoms with E-state index >= 15 is 0 Å². The fraction of sp³-hybridized carbons (Fsp3) is 0.143. The molecule has 0 aliphatic carbocycles. The van der Waals surface area contributed by atoms with Gasteiger partial charge >= 0.3 is 58.4 Å². The maximum Gasteiger partial charge on any atom is 1.00 e. The van der Waals surface area contributed by atoms with E-state index in [1.54, 1.807) is 18.2 Å². The van der Waals surface area contributed by atoms with Crippen molar-refractivity contribution in [3.05, 3.63) is 22.7 Å². The topological polar surface area (TPSA) is 26.0 Å². The molecular weight excluding hydrogens is 317 g/mol. The number of benzene rings is 1. The maximum atomic E-state index is 12.0. The van der Waals surface area contributed by atoms with Crippen LogP contribution in [0, 0.1) is 0 Å². The van der Waals surface area contributed by atoms with Crippen LogP contribution in [0.1, 0.15) is 0 Å². The number of nitrogens with two attached hydrogens (primary N) is 1. The molecule has 0 saturated heterocycles. The van der Waals surface area contributed by atoms with Crippen LogP contribution < -0.4 is 57.1 Å². The summed E-state index contributed by atoms with van der Waals surface area (Å²) in [5, 5.41) is 0. The molecular formula is C7H7BBrF3KNS. The van der Waals surface area contributed by atoms with E-state index in [9.17, 15) is 12.9 Å². The van der Waals surface area contributed by atoms with Crippen LogP contribution in [0.5, 0.6) is 0 Å². The Bertz CT molecular complexity index is 337. The van der Waals surface area contributed by atoms with E-state index in [4.69, 9.17) is 5.73 Å². The Hall–Kier alpha value is 1.34. The van der Waals surface area contributed by atoms with E-state index in [-0.39, 0.29) is 51.4 Å². The van der Waals surface area contributed by atoms with Crippen molar-refractivity contribution < 1.29 is 64.3 Å². The predicted molar refractivity (Wildman–Crippen MR) is 58.4 cm³/mol. The minimum absolute atomic E-state index is 0. The monoisotopic (exact) mass is 323 g/mol. The van der Waals surface area contributed by atoms with Crippen LogP contribution in [0.3, 0.4) is 0 Å². The average molecular weight is 324 g/mol. The van der Waals surface area contributed by atoms with Crippen molar-refractivity contribution in [2.45, 2.75) is 4.90 Å². The molecule has 8 heteroatoms. The van der Waals surface area contributed by atoms with Crippen LogP contribution in [0.25, 0.3) is 0 Å². The summed E-state index contributed by atoms with van der Waals surface area (Å²) in [5.74, 6) is 0. The van der Waals surface area contributed by atoms with Crippen LogP contribution in [0.15, 0.2) is 27.6 Å². The molecule has 1 nitrogen and oxygen atoms in total. The molecule has 0 unspecified atom stereocenters. The molecule has 0 saturated carbocycles. The van der Waals surface area contributed by atoms with Gasteiger partial charge in [0.1, 0.15) is 0 Å². The second-order valence-electron chi connectivity index (χ2n) is 2.71. The Morgan fingerprint density at radius 1 is 1.33 bits per heavy atom. The van der Waals surface area contributed by atoms with Gasteiger partial charge in [-0.05, 0) is 39.8 Å². The molecule has 15 heavy (non-hydrogen) atoms. The van der Waals surface area contributed by atoms with Crippen LogP contribution in [0.4, 0.5) is 18.6 Å². The SMILES string of the molecule is Nc1ccc(SC[B-](F)(F)F)c(Br)c1.[K+]. The molecule has 78 valence electrons. The van der Waals surface area contributed by atoms with Crippen LogP contribution >= 0.6 is 27.7 Å². The molecule has 0 spiro atoms. The van der Waals surface area contributed by atoms with Gasteiger partial charge in [0.15, 0.2) is 0 Å². The summed E-state index contributed by atoms with van der Waals surface area (Å²) in [4.78, 5) is 0.554. The summed E-state index contributed by atoms with van der Waals surface area (Å²) >= 11 is 3.92. The molecule has 0 bridgehead atoms. The van der Waals surface area contributed by atoms with E-state index in [1.165, 1.54) is 0 Å². The standard InChI is InChI=1S/C7H7BBrF3NS.K/c9-6-3-5(13)1-2-7(6)14-4-8(10,11)12;/h1-3H,4,13H2;/q-1;+1. The number of rotatable bonds is 3. The zero-order valence-corrected chi connectivity index (χ0v) is 13.5. The van der Waals surface area contributed by atoms with Gasteiger partial charge in [0.25, 0.3) is 0 Å². The molecule has 0 amide bonds. The Labute approximate surface area is 141 Å². The smallest absolute Gasteiger partial charge is 0.448 e. The molecule has 0 aromatic heterocycles. The number of anilines is 1. The number of nitrogen functional groups attached to an aromatic ring is 1. The molecule has 0 radical (unpaired) electrons. The Balaban J connectivity index is 0.00000196. The van der Waals surface area contributed by atoms with Gasteiger partial charge in [-0.1, -0.05) is 0 Å². The summed E-state index contributed by atoms with van der Waals surface area (Å²) < 4.78 is 36.5. The average Bonchev–Trinajstić information content (AvgIpc) is 2.00. The number of halogens is 4. The Morgan fingerprint density at radius 3 is 2.40 bits per heavy atom. The molecule has 0 fully saturated rings. The van der Waals surface area contributed by atoms with Gasteiger partial charge in [-0.25, -0.2) is 0 Å². The zero-order chi connectivity index (χ0) is 10.8. The van der Waals surface area contributed by atoms with Gasteiger partial charge in [-0.3, -0.25) is 0 Å². The molecule has 1 aromatic carbocycles. The predicted octanol–water partition coefficient (Wildman–Crippen LogP) is 0.514. The summed E-state index contributed by atoms with van der Waals surface area (Å²) in [6.45, 7) is -4.74. The number of hydrogen-bond donors (Lipinski definition) is 1. The first-order valence-electron chi connectivity index (χ1n) is 3.77. The van der Waals surface area contributed by atoms with Gasteiger partial charge < -0.3 is 18.7 Å². The molecule has 1 rings (SSSR count). The van der Waals surface area contributed by atoms with E-state index < -0.39 is 12.6 Å². The molecule has 0 heterocycles. The minimum atomic E-state index is -4.74. The largest absolute Gasteiger partial charge is 1.00 e. The fourth-order valence-electron chi connectivity index (χ4n) is 0.818. The van der Waals surface area contributed by atoms with E-state index in [0.29, 0.717) is 15.1 Å². The van der Waals surface area contributed by atoms with Crippen molar-refractivity contribution in [1.29, 1.82) is 0 Å². The van der Waals surface area contributed by atoms with Gasteiger partial charge in [0, 0.05) is 15.1 Å². The van der Waals surface area contributed by atoms with Crippen molar-refractivity contribution in [2.75, 3.05) is 11.4 Å². The first kappa shape index (κ1) is 16.3. The number of thioether (sulfide) groups is 1. The third kappa shape index (κ3) is 6.60. The summed E-state index contributed by atoms with van der Waals surface area (Å²) in [6.07, 6.45) is 0. The number of hydrogen-bond acceptors (Lipinski definition) is 2. The van der Waals surface area contributed by atoms with Crippen molar-refractivity contribution >= 4 is 40.4 Å². The first-order chi connectivity index (χ1) is 6.38. The van der Waals surface area contributed by atoms with Crippen molar-refractivity contribution in [3.8, 4) is 0 Å². The van der Waals surface area contributed by atoms with E-state index in [1.807, 2.05) is 0 Å². The Kier molecular flexibility index (Phi) is 7.55. The zero-order valence-electron chi connectivity index (χ0n) is 8.01. The maximum absolute atomic E-state index is 12.0. The second kappa shape index (κ2) is 6.93. The Morgan fingerprint density at radius 2 is 1.93 bits per heavy atom. The van der Waals surface area contributed by atoms with Gasteiger partial charge in [0.2, 0.25) is 0 Å². The van der Waals surface area contributed by atoms with Crippen molar-refractivity contribution in [1.82, 2.24) is 0 Å². The first-order valence-corrected chi connectivity index (χ1v) is 5.55.